The van der Waals surface area contributed by atoms with Gasteiger partial charge in [-0.3, -0.25) is 4.79 Å². The van der Waals surface area contributed by atoms with Crippen molar-refractivity contribution >= 4 is 22.8 Å². The molecular formula is C16H16FNO2S. The third-order valence-corrected chi connectivity index (χ3v) is 3.75. The average molecular weight is 305 g/mol. The molecule has 1 unspecified atom stereocenters. The van der Waals surface area contributed by atoms with Crippen molar-refractivity contribution in [2.45, 2.75) is 13.0 Å². The molecule has 0 fully saturated rings. The van der Waals surface area contributed by atoms with Crippen LogP contribution in [0.5, 0.6) is 0 Å². The quantitative estimate of drug-likeness (QED) is 0.834. The van der Waals surface area contributed by atoms with E-state index in [2.05, 4.69) is 5.32 Å². The van der Waals surface area contributed by atoms with E-state index in [0.29, 0.717) is 0 Å². The molecule has 1 atom stereocenters. The topological polar surface area (TPSA) is 49.3 Å². The molecule has 2 rings (SSSR count). The van der Waals surface area contributed by atoms with Crippen LogP contribution in [0, 0.1) is 5.82 Å². The highest BCUT2D eigenvalue weighted by atomic mass is 32.1. The van der Waals surface area contributed by atoms with Gasteiger partial charge in [0, 0.05) is 12.6 Å². The van der Waals surface area contributed by atoms with Crippen LogP contribution in [-0.4, -0.2) is 17.6 Å². The average Bonchev–Trinajstić information content (AvgIpc) is 2.99. The Morgan fingerprint density at radius 2 is 2.10 bits per heavy atom. The Morgan fingerprint density at radius 3 is 2.71 bits per heavy atom. The van der Waals surface area contributed by atoms with E-state index in [1.54, 1.807) is 19.1 Å². The summed E-state index contributed by atoms with van der Waals surface area (Å²) in [7, 11) is 0. The van der Waals surface area contributed by atoms with Crippen LogP contribution in [-0.2, 0) is 4.79 Å². The number of rotatable bonds is 5. The molecule has 21 heavy (non-hydrogen) atoms. The lowest BCUT2D eigenvalue weighted by Crippen LogP contribution is -2.26. The largest absolute Gasteiger partial charge is 0.387 e. The Labute approximate surface area is 126 Å². The molecule has 110 valence electrons. The van der Waals surface area contributed by atoms with E-state index >= 15 is 0 Å². The van der Waals surface area contributed by atoms with E-state index < -0.39 is 6.10 Å². The minimum Gasteiger partial charge on any atom is -0.387 e. The number of nitrogens with one attached hydrogen (secondary N) is 1. The smallest absolute Gasteiger partial charge is 0.244 e. The monoisotopic (exact) mass is 305 g/mol. The van der Waals surface area contributed by atoms with Crippen LogP contribution in [0.4, 0.5) is 4.39 Å². The molecule has 0 bridgehead atoms. The van der Waals surface area contributed by atoms with Gasteiger partial charge in [0.1, 0.15) is 5.82 Å². The second kappa shape index (κ2) is 7.15. The van der Waals surface area contributed by atoms with Crippen molar-refractivity contribution in [1.29, 1.82) is 0 Å². The molecular weight excluding hydrogens is 289 g/mol. The van der Waals surface area contributed by atoms with Gasteiger partial charge in [0.25, 0.3) is 0 Å². The number of amides is 1. The van der Waals surface area contributed by atoms with E-state index in [4.69, 9.17) is 0 Å². The van der Waals surface area contributed by atoms with Gasteiger partial charge in [-0.1, -0.05) is 12.1 Å². The molecule has 0 saturated carbocycles. The van der Waals surface area contributed by atoms with Gasteiger partial charge in [-0.25, -0.2) is 4.39 Å². The number of benzene rings is 1. The molecule has 5 heteroatoms. The standard InChI is InChI=1S/C16H16FNO2S/c1-11(12-2-4-14(17)5-3-12)8-16(20)18-9-15(19)13-6-7-21-10-13/h2-8,10,15,19H,9H2,1H3,(H,18,20). The predicted molar refractivity (Wildman–Crippen MR) is 82.3 cm³/mol. The van der Waals surface area contributed by atoms with Crippen molar-refractivity contribution in [3.63, 3.8) is 0 Å². The van der Waals surface area contributed by atoms with Crippen LogP contribution in [0.3, 0.4) is 0 Å². The molecule has 0 aliphatic heterocycles. The Bertz CT molecular complexity index is 620. The molecule has 0 aliphatic rings. The first-order valence-electron chi connectivity index (χ1n) is 6.48. The number of hydrogen-bond acceptors (Lipinski definition) is 3. The number of carbonyl (C=O) groups excluding carboxylic acids is 1. The molecule has 2 N–H and O–H groups in total. The Kier molecular flexibility index (Phi) is 5.25. The summed E-state index contributed by atoms with van der Waals surface area (Å²) in [5.41, 5.74) is 2.31. The lowest BCUT2D eigenvalue weighted by molar-refractivity contribution is -0.116. The van der Waals surface area contributed by atoms with Crippen molar-refractivity contribution in [3.05, 3.63) is 64.1 Å². The Balaban J connectivity index is 1.91. The number of thiophene rings is 1. The third-order valence-electron chi connectivity index (χ3n) is 3.04. The molecule has 0 saturated heterocycles. The summed E-state index contributed by atoms with van der Waals surface area (Å²) in [6.45, 7) is 1.94. The summed E-state index contributed by atoms with van der Waals surface area (Å²) >= 11 is 1.50. The number of carbonyl (C=O) groups is 1. The summed E-state index contributed by atoms with van der Waals surface area (Å²) in [5, 5.41) is 16.2. The first-order valence-corrected chi connectivity index (χ1v) is 7.43. The lowest BCUT2D eigenvalue weighted by atomic mass is 10.1. The van der Waals surface area contributed by atoms with Crippen LogP contribution < -0.4 is 5.32 Å². The highest BCUT2D eigenvalue weighted by Gasteiger charge is 2.09. The van der Waals surface area contributed by atoms with E-state index in [1.807, 2.05) is 16.8 Å². The molecule has 2 aromatic rings. The van der Waals surface area contributed by atoms with Gasteiger partial charge in [0.05, 0.1) is 6.10 Å². The zero-order valence-corrected chi connectivity index (χ0v) is 12.4. The fourth-order valence-corrected chi connectivity index (χ4v) is 2.53. The van der Waals surface area contributed by atoms with E-state index in [1.165, 1.54) is 29.5 Å². The maximum Gasteiger partial charge on any atom is 0.244 e. The fourth-order valence-electron chi connectivity index (χ4n) is 1.82. The molecule has 3 nitrogen and oxygen atoms in total. The summed E-state index contributed by atoms with van der Waals surface area (Å²) in [6.07, 6.45) is 0.729. The van der Waals surface area contributed by atoms with Gasteiger partial charge in [0.2, 0.25) is 5.91 Å². The van der Waals surface area contributed by atoms with Crippen molar-refractivity contribution in [2.24, 2.45) is 0 Å². The zero-order chi connectivity index (χ0) is 15.2. The maximum absolute atomic E-state index is 12.8. The van der Waals surface area contributed by atoms with Crippen LogP contribution in [0.25, 0.3) is 5.57 Å². The van der Waals surface area contributed by atoms with Gasteiger partial charge < -0.3 is 10.4 Å². The van der Waals surface area contributed by atoms with Gasteiger partial charge in [-0.15, -0.1) is 0 Å². The van der Waals surface area contributed by atoms with Crippen molar-refractivity contribution in [1.82, 2.24) is 5.32 Å². The number of aliphatic hydroxyl groups is 1. The molecule has 0 spiro atoms. The van der Waals surface area contributed by atoms with Crippen molar-refractivity contribution in [3.8, 4) is 0 Å². The summed E-state index contributed by atoms with van der Waals surface area (Å²) in [6, 6.07) is 7.76. The summed E-state index contributed by atoms with van der Waals surface area (Å²) < 4.78 is 12.8. The summed E-state index contributed by atoms with van der Waals surface area (Å²) in [4.78, 5) is 11.8. The van der Waals surface area contributed by atoms with Gasteiger partial charge in [0.15, 0.2) is 0 Å². The van der Waals surface area contributed by atoms with Gasteiger partial charge >= 0.3 is 0 Å². The number of hydrogen-bond donors (Lipinski definition) is 2. The predicted octanol–water partition coefficient (Wildman–Crippen LogP) is 3.14. The molecule has 0 radical (unpaired) electrons. The fraction of sp³-hybridized carbons (Fsp3) is 0.188. The van der Waals surface area contributed by atoms with Crippen LogP contribution in [0.15, 0.2) is 47.2 Å². The van der Waals surface area contributed by atoms with Crippen LogP contribution >= 0.6 is 11.3 Å². The second-order valence-electron chi connectivity index (χ2n) is 4.65. The normalized spacial score (nSPS) is 13.0. The lowest BCUT2D eigenvalue weighted by Gasteiger charge is -2.09. The van der Waals surface area contributed by atoms with Crippen molar-refractivity contribution < 1.29 is 14.3 Å². The van der Waals surface area contributed by atoms with Gasteiger partial charge in [-0.2, -0.15) is 11.3 Å². The molecule has 1 heterocycles. The SMILES string of the molecule is CC(=CC(=O)NCC(O)c1ccsc1)c1ccc(F)cc1. The molecule has 0 aliphatic carbocycles. The van der Waals surface area contributed by atoms with E-state index in [9.17, 15) is 14.3 Å². The summed E-state index contributed by atoms with van der Waals surface area (Å²) in [5.74, 6) is -0.596. The minimum absolute atomic E-state index is 0.156. The highest BCUT2D eigenvalue weighted by molar-refractivity contribution is 7.07. The second-order valence-corrected chi connectivity index (χ2v) is 5.43. The first kappa shape index (κ1) is 15.4. The van der Waals surface area contributed by atoms with E-state index in [0.717, 1.165) is 16.7 Å². The molecule has 1 aromatic heterocycles. The Morgan fingerprint density at radius 1 is 1.38 bits per heavy atom. The Hall–Kier alpha value is -1.98. The third kappa shape index (κ3) is 4.51. The van der Waals surface area contributed by atoms with E-state index in [-0.39, 0.29) is 18.3 Å². The minimum atomic E-state index is -0.709. The number of aliphatic hydroxyl groups excluding tert-OH is 1. The van der Waals surface area contributed by atoms with Crippen LogP contribution in [0.1, 0.15) is 24.2 Å². The van der Waals surface area contributed by atoms with Crippen molar-refractivity contribution in [2.75, 3.05) is 6.54 Å². The number of halogens is 1. The first-order chi connectivity index (χ1) is 10.1. The number of allylic oxidation sites excluding steroid dienone is 1. The van der Waals surface area contributed by atoms with Crippen LogP contribution in [0.2, 0.25) is 0 Å². The molecule has 1 aromatic carbocycles. The maximum atomic E-state index is 12.8. The zero-order valence-electron chi connectivity index (χ0n) is 11.5. The highest BCUT2D eigenvalue weighted by Crippen LogP contribution is 2.16. The van der Waals surface area contributed by atoms with Gasteiger partial charge in [-0.05, 0) is 52.6 Å². The molecule has 1 amide bonds.